The van der Waals surface area contributed by atoms with Gasteiger partial charge in [-0.15, -0.1) is 0 Å². The smallest absolute Gasteiger partial charge is 0.148 e. The third-order valence-electron chi connectivity index (χ3n) is 6.01. The van der Waals surface area contributed by atoms with Gasteiger partial charge in [0.15, 0.2) is 0 Å². The number of carbonyl (C=O) groups is 1. The Balaban J connectivity index is 1.73. The summed E-state index contributed by atoms with van der Waals surface area (Å²) >= 11 is 0. The van der Waals surface area contributed by atoms with Crippen LogP contribution in [0.3, 0.4) is 0 Å². The lowest BCUT2D eigenvalue weighted by molar-refractivity contribution is -0.116. The van der Waals surface area contributed by atoms with E-state index in [0.29, 0.717) is 18.7 Å². The molecule has 0 spiro atoms. The maximum atomic E-state index is 12.1. The number of allylic oxidation sites excluding steroid dienone is 1. The lowest BCUT2D eigenvalue weighted by Crippen LogP contribution is -2.30. The first-order valence-corrected chi connectivity index (χ1v) is 9.82. The first-order valence-electron chi connectivity index (χ1n) is 9.82. The van der Waals surface area contributed by atoms with E-state index in [0.717, 1.165) is 12.8 Å². The summed E-state index contributed by atoms with van der Waals surface area (Å²) in [4.78, 5) is 12.1. The van der Waals surface area contributed by atoms with Gasteiger partial charge in [-0.1, -0.05) is 72.8 Å². The van der Waals surface area contributed by atoms with Gasteiger partial charge in [0.1, 0.15) is 5.78 Å². The number of carbonyl (C=O) groups excluding carboxylic acids is 1. The first-order chi connectivity index (χ1) is 13.3. The van der Waals surface area contributed by atoms with E-state index in [1.165, 1.54) is 33.0 Å². The average Bonchev–Trinajstić information content (AvgIpc) is 3.14. The summed E-state index contributed by atoms with van der Waals surface area (Å²) in [5.74, 6) is 0.499. The van der Waals surface area contributed by atoms with Gasteiger partial charge in [-0.05, 0) is 45.9 Å². The predicted octanol–water partition coefficient (Wildman–Crippen LogP) is 4.86. The Bertz CT molecular complexity index is 1040. The zero-order valence-electron chi connectivity index (χ0n) is 15.3. The fourth-order valence-corrected chi connectivity index (χ4v) is 4.79. The molecule has 5 rings (SSSR count). The Morgan fingerprint density at radius 2 is 1.74 bits per heavy atom. The largest absolute Gasteiger partial charge is 0.306 e. The standard InChI is InChI=1S/C25H23NO/c27-19-15-24(26-16-19)25(22-13-5-9-17-7-1-3-11-20(17)22)23-14-6-10-18-8-2-4-12-21(18)23/h1-3,5-11,13-14,24-26H,4,12,15-16H2/t24?,25-/m0/s1. The zero-order chi connectivity index (χ0) is 18.2. The fraction of sp³-hybridized carbons (Fsp3) is 0.240. The fourth-order valence-electron chi connectivity index (χ4n) is 4.79. The molecule has 3 aromatic rings. The van der Waals surface area contributed by atoms with Gasteiger partial charge in [-0.3, -0.25) is 4.79 Å². The van der Waals surface area contributed by atoms with Crippen molar-refractivity contribution in [2.45, 2.75) is 31.2 Å². The van der Waals surface area contributed by atoms with Crippen molar-refractivity contribution < 1.29 is 4.79 Å². The van der Waals surface area contributed by atoms with E-state index in [-0.39, 0.29) is 12.0 Å². The second-order valence-corrected chi connectivity index (χ2v) is 7.63. The topological polar surface area (TPSA) is 29.1 Å². The third-order valence-corrected chi connectivity index (χ3v) is 6.01. The quantitative estimate of drug-likeness (QED) is 0.728. The molecule has 0 radical (unpaired) electrons. The van der Waals surface area contributed by atoms with Crippen LogP contribution in [-0.2, 0) is 11.2 Å². The van der Waals surface area contributed by atoms with Crippen LogP contribution in [-0.4, -0.2) is 18.4 Å². The molecule has 1 fully saturated rings. The molecule has 2 aliphatic rings. The summed E-state index contributed by atoms with van der Waals surface area (Å²) in [7, 11) is 0. The van der Waals surface area contributed by atoms with Crippen molar-refractivity contribution in [2.24, 2.45) is 0 Å². The minimum absolute atomic E-state index is 0.153. The van der Waals surface area contributed by atoms with Gasteiger partial charge in [-0.2, -0.15) is 0 Å². The third kappa shape index (κ3) is 2.90. The van der Waals surface area contributed by atoms with Crippen molar-refractivity contribution in [3.63, 3.8) is 0 Å². The van der Waals surface area contributed by atoms with Crippen molar-refractivity contribution >= 4 is 22.6 Å². The Morgan fingerprint density at radius 1 is 0.926 bits per heavy atom. The number of hydrogen-bond acceptors (Lipinski definition) is 2. The van der Waals surface area contributed by atoms with Gasteiger partial charge in [0, 0.05) is 18.4 Å². The molecule has 134 valence electrons. The molecular weight excluding hydrogens is 330 g/mol. The van der Waals surface area contributed by atoms with Crippen LogP contribution in [0.1, 0.15) is 41.0 Å². The van der Waals surface area contributed by atoms with Gasteiger partial charge in [0.2, 0.25) is 0 Å². The number of fused-ring (bicyclic) bond motifs is 2. The highest BCUT2D eigenvalue weighted by Gasteiger charge is 2.33. The van der Waals surface area contributed by atoms with Crippen LogP contribution in [0.5, 0.6) is 0 Å². The molecule has 1 N–H and O–H groups in total. The second-order valence-electron chi connectivity index (χ2n) is 7.63. The van der Waals surface area contributed by atoms with Gasteiger partial charge < -0.3 is 5.32 Å². The first kappa shape index (κ1) is 16.5. The Labute approximate surface area is 159 Å². The van der Waals surface area contributed by atoms with Crippen LogP contribution >= 0.6 is 0 Å². The van der Waals surface area contributed by atoms with Crippen LogP contribution in [0.4, 0.5) is 0 Å². The predicted molar refractivity (Wildman–Crippen MR) is 111 cm³/mol. The molecule has 2 atom stereocenters. The summed E-state index contributed by atoms with van der Waals surface area (Å²) in [5, 5.41) is 6.05. The molecule has 0 saturated carbocycles. The maximum absolute atomic E-state index is 12.1. The second kappa shape index (κ2) is 6.79. The molecule has 0 bridgehead atoms. The summed E-state index contributed by atoms with van der Waals surface area (Å²) < 4.78 is 0. The van der Waals surface area contributed by atoms with E-state index in [4.69, 9.17) is 0 Å². The molecule has 0 aromatic heterocycles. The highest BCUT2D eigenvalue weighted by molar-refractivity contribution is 5.88. The summed E-state index contributed by atoms with van der Waals surface area (Å²) in [6, 6.07) is 22.0. The number of ketones is 1. The summed E-state index contributed by atoms with van der Waals surface area (Å²) in [5.41, 5.74) is 5.47. The van der Waals surface area contributed by atoms with Crippen molar-refractivity contribution in [3.8, 4) is 0 Å². The van der Waals surface area contributed by atoms with E-state index in [1.807, 2.05) is 0 Å². The molecular formula is C25H23NO. The molecule has 3 aromatic carbocycles. The number of rotatable bonds is 3. The maximum Gasteiger partial charge on any atom is 0.148 e. The average molecular weight is 353 g/mol. The summed E-state index contributed by atoms with van der Waals surface area (Å²) in [6.45, 7) is 0.487. The minimum atomic E-state index is 0.153. The number of hydrogen-bond donors (Lipinski definition) is 1. The van der Waals surface area contributed by atoms with Gasteiger partial charge in [-0.25, -0.2) is 0 Å². The Kier molecular flexibility index (Phi) is 4.14. The highest BCUT2D eigenvalue weighted by atomic mass is 16.1. The van der Waals surface area contributed by atoms with Crippen LogP contribution in [0.25, 0.3) is 16.8 Å². The van der Waals surface area contributed by atoms with Crippen molar-refractivity contribution in [1.29, 1.82) is 0 Å². The molecule has 1 unspecified atom stereocenters. The molecule has 1 heterocycles. The number of Topliss-reactive ketones (excluding diaryl/α,β-unsaturated/α-hetero) is 1. The lowest BCUT2D eigenvalue weighted by Gasteiger charge is -2.29. The highest BCUT2D eigenvalue weighted by Crippen LogP contribution is 2.39. The number of nitrogens with one attached hydrogen (secondary N) is 1. The molecule has 27 heavy (non-hydrogen) atoms. The summed E-state index contributed by atoms with van der Waals surface area (Å²) in [6.07, 6.45) is 7.27. The van der Waals surface area contributed by atoms with Crippen LogP contribution in [0.2, 0.25) is 0 Å². The van der Waals surface area contributed by atoms with E-state index in [1.54, 1.807) is 0 Å². The van der Waals surface area contributed by atoms with Gasteiger partial charge in [0.25, 0.3) is 0 Å². The van der Waals surface area contributed by atoms with E-state index < -0.39 is 0 Å². The van der Waals surface area contributed by atoms with Crippen molar-refractivity contribution in [3.05, 3.63) is 89.0 Å². The zero-order valence-corrected chi connectivity index (χ0v) is 15.3. The lowest BCUT2D eigenvalue weighted by atomic mass is 9.77. The van der Waals surface area contributed by atoms with Gasteiger partial charge >= 0.3 is 0 Å². The van der Waals surface area contributed by atoms with E-state index >= 15 is 0 Å². The molecule has 2 nitrogen and oxygen atoms in total. The SMILES string of the molecule is O=C1CNC([C@H](c2cccc3c2CCC=C3)c2cccc3ccccc23)C1. The molecule has 1 aliphatic heterocycles. The van der Waals surface area contributed by atoms with Crippen LogP contribution < -0.4 is 5.32 Å². The Hall–Kier alpha value is -2.71. The molecule has 0 amide bonds. The normalized spacial score (nSPS) is 20.0. The Morgan fingerprint density at radius 3 is 2.63 bits per heavy atom. The molecule has 1 aliphatic carbocycles. The van der Waals surface area contributed by atoms with Gasteiger partial charge in [0.05, 0.1) is 6.54 Å². The van der Waals surface area contributed by atoms with Crippen molar-refractivity contribution in [2.75, 3.05) is 6.54 Å². The monoisotopic (exact) mass is 353 g/mol. The molecule has 1 saturated heterocycles. The van der Waals surface area contributed by atoms with Crippen LogP contribution in [0, 0.1) is 0 Å². The van der Waals surface area contributed by atoms with Crippen LogP contribution in [0.15, 0.2) is 66.7 Å². The van der Waals surface area contributed by atoms with E-state index in [9.17, 15) is 4.79 Å². The van der Waals surface area contributed by atoms with Crippen molar-refractivity contribution in [1.82, 2.24) is 5.32 Å². The minimum Gasteiger partial charge on any atom is -0.306 e. The molecule has 2 heteroatoms. The van der Waals surface area contributed by atoms with E-state index in [2.05, 4.69) is 78.1 Å². The number of benzene rings is 3.